The summed E-state index contributed by atoms with van der Waals surface area (Å²) in [6, 6.07) is 13.4. The molecule has 1 aromatic heterocycles. The van der Waals surface area contributed by atoms with Crippen molar-refractivity contribution in [1.82, 2.24) is 4.98 Å². The van der Waals surface area contributed by atoms with Crippen LogP contribution in [0.2, 0.25) is 0 Å². The van der Waals surface area contributed by atoms with Crippen molar-refractivity contribution in [3.05, 3.63) is 53.7 Å². The summed E-state index contributed by atoms with van der Waals surface area (Å²) in [6.07, 6.45) is 2.38. The fourth-order valence-corrected chi connectivity index (χ4v) is 2.70. The molecule has 1 amide bonds. The quantitative estimate of drug-likeness (QED) is 0.939. The summed E-state index contributed by atoms with van der Waals surface area (Å²) < 4.78 is 0. The Morgan fingerprint density at radius 2 is 1.86 bits per heavy atom. The van der Waals surface area contributed by atoms with Crippen LogP contribution in [0.3, 0.4) is 0 Å². The molecule has 1 aliphatic rings. The van der Waals surface area contributed by atoms with Crippen LogP contribution < -0.4 is 10.2 Å². The molecule has 0 aliphatic carbocycles. The normalized spacial score (nSPS) is 14.2. The van der Waals surface area contributed by atoms with Gasteiger partial charge in [-0.05, 0) is 44.0 Å². The summed E-state index contributed by atoms with van der Waals surface area (Å²) >= 11 is 0. The largest absolute Gasteiger partial charge is 0.371 e. The molecule has 2 aromatic rings. The third-order valence-corrected chi connectivity index (χ3v) is 3.73. The minimum Gasteiger partial charge on any atom is -0.371 e. The average Bonchev–Trinajstić information content (AvgIpc) is 3.01. The average molecular weight is 281 g/mol. The molecule has 4 heteroatoms. The Kier molecular flexibility index (Phi) is 3.86. The van der Waals surface area contributed by atoms with Crippen molar-refractivity contribution >= 4 is 17.4 Å². The second-order valence-electron chi connectivity index (χ2n) is 5.33. The Bertz CT molecular complexity index is 648. The smallest absolute Gasteiger partial charge is 0.258 e. The highest BCUT2D eigenvalue weighted by Crippen LogP contribution is 2.25. The molecule has 3 rings (SSSR count). The number of carbonyl (C=O) groups is 1. The number of carbonyl (C=O) groups excluding carboxylic acids is 1. The summed E-state index contributed by atoms with van der Waals surface area (Å²) in [7, 11) is 0. The lowest BCUT2D eigenvalue weighted by atomic mass is 10.1. The SMILES string of the molecule is Cc1cccc(NC(=O)c2ccccc2N2CCCC2)n1. The van der Waals surface area contributed by atoms with Gasteiger partial charge < -0.3 is 10.2 Å². The molecule has 1 fully saturated rings. The number of hydrogen-bond acceptors (Lipinski definition) is 3. The van der Waals surface area contributed by atoms with Gasteiger partial charge in [0, 0.05) is 24.5 Å². The number of aromatic nitrogens is 1. The number of hydrogen-bond donors (Lipinski definition) is 1. The first kappa shape index (κ1) is 13.6. The van der Waals surface area contributed by atoms with Gasteiger partial charge in [-0.15, -0.1) is 0 Å². The van der Waals surface area contributed by atoms with Crippen molar-refractivity contribution in [3.8, 4) is 0 Å². The van der Waals surface area contributed by atoms with Gasteiger partial charge in [0.05, 0.1) is 5.56 Å². The van der Waals surface area contributed by atoms with E-state index < -0.39 is 0 Å². The van der Waals surface area contributed by atoms with Gasteiger partial charge in [0.15, 0.2) is 0 Å². The Balaban J connectivity index is 1.84. The molecule has 1 aromatic carbocycles. The zero-order chi connectivity index (χ0) is 14.7. The Morgan fingerprint density at radius 3 is 2.62 bits per heavy atom. The van der Waals surface area contributed by atoms with E-state index in [1.807, 2.05) is 49.4 Å². The molecular weight excluding hydrogens is 262 g/mol. The van der Waals surface area contributed by atoms with Gasteiger partial charge in [-0.3, -0.25) is 4.79 Å². The van der Waals surface area contributed by atoms with E-state index in [4.69, 9.17) is 0 Å². The number of amides is 1. The molecule has 1 N–H and O–H groups in total. The fraction of sp³-hybridized carbons (Fsp3) is 0.294. The second-order valence-corrected chi connectivity index (χ2v) is 5.33. The van der Waals surface area contributed by atoms with E-state index in [9.17, 15) is 4.79 Å². The number of aryl methyl sites for hydroxylation is 1. The van der Waals surface area contributed by atoms with Crippen LogP contribution in [0, 0.1) is 6.92 Å². The summed E-state index contributed by atoms with van der Waals surface area (Å²) in [5, 5.41) is 2.89. The molecule has 21 heavy (non-hydrogen) atoms. The van der Waals surface area contributed by atoms with E-state index in [1.54, 1.807) is 0 Å². The summed E-state index contributed by atoms with van der Waals surface area (Å²) in [5.74, 6) is 0.492. The van der Waals surface area contributed by atoms with Crippen LogP contribution in [-0.2, 0) is 0 Å². The van der Waals surface area contributed by atoms with Crippen LogP contribution in [0.4, 0.5) is 11.5 Å². The summed E-state index contributed by atoms with van der Waals surface area (Å²) in [6.45, 7) is 3.95. The Hall–Kier alpha value is -2.36. The van der Waals surface area contributed by atoms with E-state index in [-0.39, 0.29) is 5.91 Å². The lowest BCUT2D eigenvalue weighted by molar-refractivity contribution is 0.102. The first-order chi connectivity index (χ1) is 10.2. The zero-order valence-electron chi connectivity index (χ0n) is 12.2. The molecule has 108 valence electrons. The highest BCUT2D eigenvalue weighted by atomic mass is 16.1. The van der Waals surface area contributed by atoms with Crippen molar-refractivity contribution in [3.63, 3.8) is 0 Å². The highest BCUT2D eigenvalue weighted by Gasteiger charge is 2.19. The maximum Gasteiger partial charge on any atom is 0.258 e. The minimum absolute atomic E-state index is 0.101. The molecule has 1 saturated heterocycles. The molecule has 0 unspecified atom stereocenters. The molecule has 4 nitrogen and oxygen atoms in total. The number of rotatable bonds is 3. The fourth-order valence-electron chi connectivity index (χ4n) is 2.70. The van der Waals surface area contributed by atoms with E-state index in [0.29, 0.717) is 11.4 Å². The first-order valence-corrected chi connectivity index (χ1v) is 7.33. The van der Waals surface area contributed by atoms with Crippen LogP contribution >= 0.6 is 0 Å². The van der Waals surface area contributed by atoms with Crippen molar-refractivity contribution in [1.29, 1.82) is 0 Å². The minimum atomic E-state index is -0.101. The zero-order valence-corrected chi connectivity index (χ0v) is 12.2. The van der Waals surface area contributed by atoms with E-state index >= 15 is 0 Å². The lowest BCUT2D eigenvalue weighted by Crippen LogP contribution is -2.23. The van der Waals surface area contributed by atoms with Gasteiger partial charge in [0.1, 0.15) is 5.82 Å². The molecule has 0 saturated carbocycles. The summed E-state index contributed by atoms with van der Waals surface area (Å²) in [4.78, 5) is 19.1. The van der Waals surface area contributed by atoms with Gasteiger partial charge in [0.25, 0.3) is 5.91 Å². The van der Waals surface area contributed by atoms with Gasteiger partial charge in [-0.1, -0.05) is 18.2 Å². The maximum atomic E-state index is 12.5. The van der Waals surface area contributed by atoms with E-state index in [1.165, 1.54) is 12.8 Å². The Morgan fingerprint density at radius 1 is 1.10 bits per heavy atom. The molecule has 0 radical (unpaired) electrons. The van der Waals surface area contributed by atoms with Crippen LogP contribution in [0.15, 0.2) is 42.5 Å². The van der Waals surface area contributed by atoms with Gasteiger partial charge in [-0.2, -0.15) is 0 Å². The van der Waals surface area contributed by atoms with E-state index in [2.05, 4.69) is 15.2 Å². The molecule has 1 aliphatic heterocycles. The molecule has 0 atom stereocenters. The third-order valence-electron chi connectivity index (χ3n) is 3.73. The van der Waals surface area contributed by atoms with Crippen molar-refractivity contribution in [2.45, 2.75) is 19.8 Å². The van der Waals surface area contributed by atoms with Crippen LogP contribution in [-0.4, -0.2) is 24.0 Å². The number of nitrogens with one attached hydrogen (secondary N) is 1. The lowest BCUT2D eigenvalue weighted by Gasteiger charge is -2.20. The predicted molar refractivity (Wildman–Crippen MR) is 84.8 cm³/mol. The molecule has 0 spiro atoms. The highest BCUT2D eigenvalue weighted by molar-refractivity contribution is 6.07. The maximum absolute atomic E-state index is 12.5. The first-order valence-electron chi connectivity index (χ1n) is 7.33. The standard InChI is InChI=1S/C17H19N3O/c1-13-7-6-10-16(18-13)19-17(21)14-8-2-3-9-15(14)20-11-4-5-12-20/h2-3,6-10H,4-5,11-12H2,1H3,(H,18,19,21). The van der Waals surface area contributed by atoms with Crippen molar-refractivity contribution in [2.24, 2.45) is 0 Å². The monoisotopic (exact) mass is 281 g/mol. The van der Waals surface area contributed by atoms with Gasteiger partial charge >= 0.3 is 0 Å². The molecule has 0 bridgehead atoms. The number of para-hydroxylation sites is 1. The van der Waals surface area contributed by atoms with Crippen LogP contribution in [0.25, 0.3) is 0 Å². The third kappa shape index (κ3) is 3.05. The Labute approximate surface area is 124 Å². The van der Waals surface area contributed by atoms with Crippen LogP contribution in [0.1, 0.15) is 28.9 Å². The number of benzene rings is 1. The summed E-state index contributed by atoms with van der Waals surface area (Å²) in [5.41, 5.74) is 2.61. The van der Waals surface area contributed by atoms with Crippen LogP contribution in [0.5, 0.6) is 0 Å². The number of anilines is 2. The van der Waals surface area contributed by atoms with Crippen molar-refractivity contribution in [2.75, 3.05) is 23.3 Å². The number of pyridine rings is 1. The second kappa shape index (κ2) is 5.95. The van der Waals surface area contributed by atoms with Gasteiger partial charge in [-0.25, -0.2) is 4.98 Å². The molecule has 2 heterocycles. The van der Waals surface area contributed by atoms with Gasteiger partial charge in [0.2, 0.25) is 0 Å². The number of nitrogens with zero attached hydrogens (tertiary/aromatic N) is 2. The topological polar surface area (TPSA) is 45.2 Å². The molecular formula is C17H19N3O. The van der Waals surface area contributed by atoms with E-state index in [0.717, 1.165) is 24.5 Å². The van der Waals surface area contributed by atoms with Crippen molar-refractivity contribution < 1.29 is 4.79 Å². The predicted octanol–water partition coefficient (Wildman–Crippen LogP) is 3.24.